The van der Waals surface area contributed by atoms with Crippen molar-refractivity contribution >= 4 is 5.95 Å². The van der Waals surface area contributed by atoms with Crippen LogP contribution in [0.25, 0.3) is 0 Å². The van der Waals surface area contributed by atoms with E-state index in [0.717, 1.165) is 50.5 Å². The molecular weight excluding hydrogens is 254 g/mol. The van der Waals surface area contributed by atoms with Crippen LogP contribution in [0.4, 0.5) is 5.95 Å². The lowest BCUT2D eigenvalue weighted by Crippen LogP contribution is -2.48. The van der Waals surface area contributed by atoms with Crippen LogP contribution in [0.5, 0.6) is 0 Å². The van der Waals surface area contributed by atoms with E-state index in [0.29, 0.717) is 5.92 Å². The molecule has 2 fully saturated rings. The summed E-state index contributed by atoms with van der Waals surface area (Å²) in [5.74, 6) is 2.29. The third-order valence-corrected chi connectivity index (χ3v) is 5.01. The Morgan fingerprint density at radius 2 is 2.30 bits per heavy atom. The third-order valence-electron chi connectivity index (χ3n) is 5.01. The van der Waals surface area contributed by atoms with E-state index in [2.05, 4.69) is 27.0 Å². The van der Waals surface area contributed by atoms with Gasteiger partial charge in [-0.3, -0.25) is 5.10 Å². The van der Waals surface area contributed by atoms with Gasteiger partial charge in [-0.05, 0) is 31.6 Å². The molecule has 0 aromatic carbocycles. The largest absolute Gasteiger partial charge is 0.378 e. The number of hydrogen-bond donors (Lipinski definition) is 2. The maximum Gasteiger partial charge on any atom is 0.244 e. The zero-order valence-electron chi connectivity index (χ0n) is 12.4. The Hall–Kier alpha value is -1.14. The van der Waals surface area contributed by atoms with E-state index in [1.165, 1.54) is 6.42 Å². The summed E-state index contributed by atoms with van der Waals surface area (Å²) in [5, 5.41) is 7.42. The van der Waals surface area contributed by atoms with E-state index in [1.807, 2.05) is 0 Å². The topological polar surface area (TPSA) is 80.1 Å². The average molecular weight is 279 g/mol. The number of hydrogen-bond acceptors (Lipinski definition) is 5. The highest BCUT2D eigenvalue weighted by Crippen LogP contribution is 2.37. The molecular formula is C14H25N5O. The second-order valence-corrected chi connectivity index (χ2v) is 6.38. The second-order valence-electron chi connectivity index (χ2n) is 6.38. The fourth-order valence-corrected chi connectivity index (χ4v) is 3.12. The fourth-order valence-electron chi connectivity index (χ4n) is 3.12. The molecule has 0 amide bonds. The number of anilines is 1. The molecule has 1 aliphatic heterocycles. The number of nitrogens with zero attached hydrogens (tertiary/aromatic N) is 3. The van der Waals surface area contributed by atoms with Crippen LogP contribution < -0.4 is 10.6 Å². The molecule has 1 saturated carbocycles. The molecule has 2 heterocycles. The van der Waals surface area contributed by atoms with Gasteiger partial charge in [0.1, 0.15) is 5.82 Å². The lowest BCUT2D eigenvalue weighted by Gasteiger charge is -2.39. The minimum Gasteiger partial charge on any atom is -0.378 e. The van der Waals surface area contributed by atoms with Crippen molar-refractivity contribution < 1.29 is 4.74 Å². The van der Waals surface area contributed by atoms with Crippen molar-refractivity contribution in [1.29, 1.82) is 0 Å². The minimum atomic E-state index is -0.0103. The van der Waals surface area contributed by atoms with Crippen LogP contribution in [0.2, 0.25) is 0 Å². The SMILES string of the molecule is COC1(Cc2nc(N3CCC(C)C(N)C3)n[nH]2)CCC1. The van der Waals surface area contributed by atoms with Crippen LogP contribution >= 0.6 is 0 Å². The normalized spacial score (nSPS) is 29.2. The predicted octanol–water partition coefficient (Wildman–Crippen LogP) is 1.09. The number of rotatable bonds is 4. The number of aromatic nitrogens is 3. The molecule has 1 aliphatic carbocycles. The molecule has 1 aromatic heterocycles. The van der Waals surface area contributed by atoms with Crippen LogP contribution in [0.15, 0.2) is 0 Å². The smallest absolute Gasteiger partial charge is 0.244 e. The van der Waals surface area contributed by atoms with Crippen molar-refractivity contribution in [3.05, 3.63) is 5.82 Å². The van der Waals surface area contributed by atoms with Crippen molar-refractivity contribution in [3.63, 3.8) is 0 Å². The van der Waals surface area contributed by atoms with Gasteiger partial charge in [0.25, 0.3) is 0 Å². The third kappa shape index (κ3) is 2.54. The Kier molecular flexibility index (Phi) is 3.69. The Balaban J connectivity index is 1.65. The van der Waals surface area contributed by atoms with Crippen LogP contribution in [-0.2, 0) is 11.2 Å². The van der Waals surface area contributed by atoms with Gasteiger partial charge in [0.05, 0.1) is 5.60 Å². The molecule has 0 bridgehead atoms. The summed E-state index contributed by atoms with van der Waals surface area (Å²) in [6, 6.07) is 0.211. The van der Waals surface area contributed by atoms with Gasteiger partial charge in [0.2, 0.25) is 5.95 Å². The van der Waals surface area contributed by atoms with Crippen LogP contribution in [0, 0.1) is 5.92 Å². The molecule has 0 radical (unpaired) electrons. The maximum atomic E-state index is 6.14. The van der Waals surface area contributed by atoms with E-state index in [4.69, 9.17) is 10.5 Å². The first-order valence-electron chi connectivity index (χ1n) is 7.59. The first-order chi connectivity index (χ1) is 9.62. The Morgan fingerprint density at radius 3 is 2.90 bits per heavy atom. The van der Waals surface area contributed by atoms with Crippen molar-refractivity contribution in [1.82, 2.24) is 15.2 Å². The molecule has 0 spiro atoms. The van der Waals surface area contributed by atoms with Gasteiger partial charge in [-0.1, -0.05) is 6.92 Å². The zero-order valence-corrected chi connectivity index (χ0v) is 12.4. The van der Waals surface area contributed by atoms with Crippen molar-refractivity contribution in [2.75, 3.05) is 25.1 Å². The Morgan fingerprint density at radius 1 is 1.50 bits per heavy atom. The van der Waals surface area contributed by atoms with E-state index >= 15 is 0 Å². The summed E-state index contributed by atoms with van der Waals surface area (Å²) in [4.78, 5) is 6.82. The number of H-pyrrole nitrogens is 1. The van der Waals surface area contributed by atoms with Crippen molar-refractivity contribution in [3.8, 4) is 0 Å². The van der Waals surface area contributed by atoms with Crippen molar-refractivity contribution in [2.45, 2.75) is 50.7 Å². The van der Waals surface area contributed by atoms with Gasteiger partial charge >= 0.3 is 0 Å². The van der Waals surface area contributed by atoms with E-state index < -0.39 is 0 Å². The summed E-state index contributed by atoms with van der Waals surface area (Å²) in [7, 11) is 1.79. The maximum absolute atomic E-state index is 6.14. The van der Waals surface area contributed by atoms with E-state index in [1.54, 1.807) is 7.11 Å². The monoisotopic (exact) mass is 279 g/mol. The van der Waals surface area contributed by atoms with Crippen molar-refractivity contribution in [2.24, 2.45) is 11.7 Å². The summed E-state index contributed by atoms with van der Waals surface area (Å²) >= 11 is 0. The number of aromatic amines is 1. The molecule has 6 nitrogen and oxygen atoms in total. The number of nitrogens with two attached hydrogens (primary N) is 1. The first kappa shape index (κ1) is 13.8. The highest BCUT2D eigenvalue weighted by atomic mass is 16.5. The first-order valence-corrected chi connectivity index (χ1v) is 7.59. The van der Waals surface area contributed by atoms with Gasteiger partial charge < -0.3 is 15.4 Å². The molecule has 3 N–H and O–H groups in total. The molecule has 1 aromatic rings. The number of methoxy groups -OCH3 is 1. The summed E-state index contributed by atoms with van der Waals surface area (Å²) in [6.45, 7) is 4.04. The number of nitrogens with one attached hydrogen (secondary N) is 1. The summed E-state index contributed by atoms with van der Waals surface area (Å²) < 4.78 is 5.64. The standard InChI is InChI=1S/C14H25N5O/c1-10-4-7-19(9-11(10)15)13-16-12(17-18-13)8-14(20-2)5-3-6-14/h10-11H,3-9,15H2,1-2H3,(H,16,17,18). The lowest BCUT2D eigenvalue weighted by atomic mass is 9.77. The summed E-state index contributed by atoms with van der Waals surface area (Å²) in [6.07, 6.45) is 5.41. The number of ether oxygens (including phenoxy) is 1. The predicted molar refractivity (Wildman–Crippen MR) is 77.6 cm³/mol. The lowest BCUT2D eigenvalue weighted by molar-refractivity contribution is -0.0720. The van der Waals surface area contributed by atoms with Crippen LogP contribution in [-0.4, -0.2) is 47.0 Å². The van der Waals surface area contributed by atoms with Gasteiger partial charge in [-0.25, -0.2) is 0 Å². The van der Waals surface area contributed by atoms with E-state index in [-0.39, 0.29) is 11.6 Å². The quantitative estimate of drug-likeness (QED) is 0.862. The fraction of sp³-hybridized carbons (Fsp3) is 0.857. The van der Waals surface area contributed by atoms with Gasteiger partial charge in [0, 0.05) is 32.7 Å². The van der Waals surface area contributed by atoms with Crippen LogP contribution in [0.1, 0.15) is 38.4 Å². The van der Waals surface area contributed by atoms with E-state index in [9.17, 15) is 0 Å². The average Bonchev–Trinajstić information content (AvgIpc) is 2.85. The van der Waals surface area contributed by atoms with Gasteiger partial charge in [0.15, 0.2) is 0 Å². The highest BCUT2D eigenvalue weighted by Gasteiger charge is 2.38. The minimum absolute atomic E-state index is 0.0103. The number of piperidine rings is 1. The highest BCUT2D eigenvalue weighted by molar-refractivity contribution is 5.30. The molecule has 3 rings (SSSR count). The Bertz CT molecular complexity index is 451. The summed E-state index contributed by atoms with van der Waals surface area (Å²) in [5.41, 5.74) is 6.13. The molecule has 1 saturated heterocycles. The molecule has 6 heteroatoms. The Labute approximate surface area is 120 Å². The second kappa shape index (κ2) is 5.33. The van der Waals surface area contributed by atoms with Gasteiger partial charge in [-0.15, -0.1) is 5.10 Å². The van der Waals surface area contributed by atoms with Crippen LogP contribution in [0.3, 0.4) is 0 Å². The molecule has 2 unspecified atom stereocenters. The molecule has 2 aliphatic rings. The zero-order chi connectivity index (χ0) is 14.2. The van der Waals surface area contributed by atoms with Gasteiger partial charge in [-0.2, -0.15) is 4.98 Å². The molecule has 2 atom stereocenters. The molecule has 112 valence electrons. The molecule has 20 heavy (non-hydrogen) atoms.